The van der Waals surface area contributed by atoms with Crippen LogP contribution in [0.15, 0.2) is 12.7 Å². The fraction of sp³-hybridized carbons (Fsp3) is 0.733. The Labute approximate surface area is 111 Å². The fourth-order valence-electron chi connectivity index (χ4n) is 2.24. The first kappa shape index (κ1) is 16.9. The smallest absolute Gasteiger partial charge is 0.221 e. The summed E-state index contributed by atoms with van der Waals surface area (Å²) >= 11 is 0. The van der Waals surface area contributed by atoms with E-state index < -0.39 is 17.2 Å². The maximum Gasteiger partial charge on any atom is 0.221 e. The number of hydrogen-bond acceptors (Lipinski definition) is 2. The molecule has 3 nitrogen and oxygen atoms in total. The Morgan fingerprint density at radius 2 is 1.61 bits per heavy atom. The normalized spacial score (nSPS) is 15.9. The summed E-state index contributed by atoms with van der Waals surface area (Å²) in [5, 5.41) is 0. The van der Waals surface area contributed by atoms with E-state index >= 15 is 0 Å². The monoisotopic (exact) mass is 253 g/mol. The Morgan fingerprint density at radius 3 is 1.83 bits per heavy atom. The summed E-state index contributed by atoms with van der Waals surface area (Å²) in [6.07, 6.45) is 2.10. The lowest BCUT2D eigenvalue weighted by atomic mass is 9.64. The number of amides is 1. The second-order valence-corrected chi connectivity index (χ2v) is 6.99. The Balaban J connectivity index is 5.55. The molecule has 0 aliphatic rings. The number of allylic oxidation sites excluding steroid dienone is 1. The van der Waals surface area contributed by atoms with Crippen LogP contribution < -0.4 is 5.73 Å². The summed E-state index contributed by atoms with van der Waals surface area (Å²) in [5.74, 6) is -1.20. The van der Waals surface area contributed by atoms with Gasteiger partial charge in [-0.1, -0.05) is 47.6 Å². The van der Waals surface area contributed by atoms with Gasteiger partial charge in [-0.05, 0) is 11.8 Å². The molecule has 0 bridgehead atoms. The summed E-state index contributed by atoms with van der Waals surface area (Å²) in [6.45, 7) is 15.2. The van der Waals surface area contributed by atoms with Crippen LogP contribution in [-0.2, 0) is 9.59 Å². The zero-order chi connectivity index (χ0) is 14.7. The molecule has 3 heteroatoms. The van der Waals surface area contributed by atoms with Crippen molar-refractivity contribution < 1.29 is 9.59 Å². The number of primary amides is 1. The number of Topliss-reactive ketones (excluding diaryl/α,β-unsaturated/α-hetero) is 1. The molecular formula is C15H27NO2. The Bertz CT molecular complexity index is 331. The van der Waals surface area contributed by atoms with E-state index in [0.717, 1.165) is 0 Å². The third-order valence-corrected chi connectivity index (χ3v) is 3.14. The lowest BCUT2D eigenvalue weighted by Gasteiger charge is -2.38. The quantitative estimate of drug-likeness (QED) is 0.766. The van der Waals surface area contributed by atoms with E-state index in [2.05, 4.69) is 6.58 Å². The van der Waals surface area contributed by atoms with Gasteiger partial charge in [-0.3, -0.25) is 9.59 Å². The van der Waals surface area contributed by atoms with Crippen molar-refractivity contribution in [3.8, 4) is 0 Å². The van der Waals surface area contributed by atoms with Crippen molar-refractivity contribution in [3.05, 3.63) is 12.7 Å². The molecule has 0 aromatic rings. The highest BCUT2D eigenvalue weighted by atomic mass is 16.1. The molecule has 0 aliphatic heterocycles. The minimum Gasteiger partial charge on any atom is -0.369 e. The average Bonchev–Trinajstić information content (AvgIpc) is 2.12. The highest BCUT2D eigenvalue weighted by Gasteiger charge is 2.43. The van der Waals surface area contributed by atoms with Crippen LogP contribution in [0.5, 0.6) is 0 Å². The summed E-state index contributed by atoms with van der Waals surface area (Å²) in [6, 6.07) is 0. The highest BCUT2D eigenvalue weighted by Crippen LogP contribution is 2.39. The molecule has 0 aromatic carbocycles. The Kier molecular flexibility index (Phi) is 5.33. The van der Waals surface area contributed by atoms with E-state index in [1.165, 1.54) is 0 Å². The van der Waals surface area contributed by atoms with E-state index in [0.29, 0.717) is 6.42 Å². The van der Waals surface area contributed by atoms with Crippen LogP contribution in [0.4, 0.5) is 0 Å². The molecule has 0 unspecified atom stereocenters. The van der Waals surface area contributed by atoms with Crippen LogP contribution in [-0.4, -0.2) is 11.7 Å². The number of nitrogens with two attached hydrogens (primary N) is 1. The van der Waals surface area contributed by atoms with Gasteiger partial charge >= 0.3 is 0 Å². The number of carbonyl (C=O) groups is 2. The molecule has 2 atom stereocenters. The van der Waals surface area contributed by atoms with Gasteiger partial charge in [0, 0.05) is 11.3 Å². The molecule has 0 radical (unpaired) electrons. The number of rotatable bonds is 5. The van der Waals surface area contributed by atoms with Gasteiger partial charge in [0.25, 0.3) is 0 Å². The van der Waals surface area contributed by atoms with Crippen LogP contribution in [0, 0.1) is 22.7 Å². The largest absolute Gasteiger partial charge is 0.369 e. The lowest BCUT2D eigenvalue weighted by molar-refractivity contribution is -0.141. The first-order valence-corrected chi connectivity index (χ1v) is 6.37. The molecule has 0 spiro atoms. The second-order valence-electron chi connectivity index (χ2n) is 6.99. The molecule has 1 amide bonds. The van der Waals surface area contributed by atoms with Gasteiger partial charge in [0.1, 0.15) is 5.78 Å². The van der Waals surface area contributed by atoms with Gasteiger partial charge in [-0.25, -0.2) is 0 Å². The first-order chi connectivity index (χ1) is 7.92. The van der Waals surface area contributed by atoms with Crippen molar-refractivity contribution in [3.63, 3.8) is 0 Å². The second kappa shape index (κ2) is 5.68. The average molecular weight is 253 g/mol. The van der Waals surface area contributed by atoms with E-state index in [4.69, 9.17) is 5.73 Å². The summed E-state index contributed by atoms with van der Waals surface area (Å²) in [5.41, 5.74) is 4.68. The number of ketones is 1. The Morgan fingerprint density at radius 1 is 1.17 bits per heavy atom. The summed E-state index contributed by atoms with van der Waals surface area (Å²) in [7, 11) is 0. The van der Waals surface area contributed by atoms with E-state index in [1.807, 2.05) is 41.5 Å². The van der Waals surface area contributed by atoms with Gasteiger partial charge < -0.3 is 5.73 Å². The third kappa shape index (κ3) is 4.28. The highest BCUT2D eigenvalue weighted by molar-refractivity contribution is 5.91. The van der Waals surface area contributed by atoms with Crippen LogP contribution in [0.2, 0.25) is 0 Å². The lowest BCUT2D eigenvalue weighted by Crippen LogP contribution is -2.45. The van der Waals surface area contributed by atoms with E-state index in [-0.39, 0.29) is 17.1 Å². The van der Waals surface area contributed by atoms with Gasteiger partial charge in [0.15, 0.2) is 0 Å². The zero-order valence-electron chi connectivity index (χ0n) is 12.5. The number of hydrogen-bond donors (Lipinski definition) is 1. The molecule has 2 N–H and O–H groups in total. The minimum atomic E-state index is -0.479. The molecule has 0 heterocycles. The molecule has 0 saturated heterocycles. The van der Waals surface area contributed by atoms with E-state index in [1.54, 1.807) is 6.08 Å². The van der Waals surface area contributed by atoms with Crippen molar-refractivity contribution in [1.29, 1.82) is 0 Å². The fourth-order valence-corrected chi connectivity index (χ4v) is 2.24. The topological polar surface area (TPSA) is 60.2 Å². The predicted molar refractivity (Wildman–Crippen MR) is 74.9 cm³/mol. The first-order valence-electron chi connectivity index (χ1n) is 6.37. The van der Waals surface area contributed by atoms with Gasteiger partial charge in [0.2, 0.25) is 5.91 Å². The standard InChI is InChI=1S/C15H27NO2/c1-8-9-10(13(16)18)11(14(2,3)4)12(17)15(5,6)7/h8,10-11H,1,9H2,2-7H3,(H2,16,18)/t10-,11+/m0/s1. The van der Waals surface area contributed by atoms with Crippen molar-refractivity contribution in [2.75, 3.05) is 0 Å². The van der Waals surface area contributed by atoms with Gasteiger partial charge in [0.05, 0.1) is 5.92 Å². The van der Waals surface area contributed by atoms with Crippen molar-refractivity contribution in [2.45, 2.75) is 48.0 Å². The van der Waals surface area contributed by atoms with Crippen LogP contribution in [0.25, 0.3) is 0 Å². The van der Waals surface area contributed by atoms with Crippen molar-refractivity contribution in [2.24, 2.45) is 28.4 Å². The van der Waals surface area contributed by atoms with Crippen molar-refractivity contribution in [1.82, 2.24) is 0 Å². The molecular weight excluding hydrogens is 226 g/mol. The molecule has 104 valence electrons. The zero-order valence-corrected chi connectivity index (χ0v) is 12.5. The van der Waals surface area contributed by atoms with Crippen LogP contribution >= 0.6 is 0 Å². The molecule has 0 fully saturated rings. The molecule has 0 saturated carbocycles. The molecule has 0 rings (SSSR count). The number of carbonyl (C=O) groups excluding carboxylic acids is 2. The molecule has 0 aromatic heterocycles. The minimum absolute atomic E-state index is 0.0839. The Hall–Kier alpha value is -1.12. The van der Waals surface area contributed by atoms with Crippen molar-refractivity contribution >= 4 is 11.7 Å². The predicted octanol–water partition coefficient (Wildman–Crippen LogP) is 2.94. The van der Waals surface area contributed by atoms with Gasteiger partial charge in [-0.2, -0.15) is 0 Å². The summed E-state index contributed by atoms with van der Waals surface area (Å²) < 4.78 is 0. The maximum absolute atomic E-state index is 12.6. The summed E-state index contributed by atoms with van der Waals surface area (Å²) in [4.78, 5) is 24.2. The van der Waals surface area contributed by atoms with Crippen LogP contribution in [0.3, 0.4) is 0 Å². The van der Waals surface area contributed by atoms with Crippen LogP contribution in [0.1, 0.15) is 48.0 Å². The third-order valence-electron chi connectivity index (χ3n) is 3.14. The van der Waals surface area contributed by atoms with Gasteiger partial charge in [-0.15, -0.1) is 6.58 Å². The maximum atomic E-state index is 12.6. The SMILES string of the molecule is C=CC[C@H](C(N)=O)[C@H](C(=O)C(C)(C)C)C(C)(C)C. The molecule has 18 heavy (non-hydrogen) atoms. The van der Waals surface area contributed by atoms with E-state index in [9.17, 15) is 9.59 Å². The molecule has 0 aliphatic carbocycles.